The maximum atomic E-state index is 12.7. The second-order valence-corrected chi connectivity index (χ2v) is 17.8. The van der Waals surface area contributed by atoms with Crippen molar-refractivity contribution in [2.24, 2.45) is 5.92 Å². The van der Waals surface area contributed by atoms with Crippen LogP contribution in [0.25, 0.3) is 0 Å². The Morgan fingerprint density at radius 3 is 2.10 bits per heavy atom. The van der Waals surface area contributed by atoms with Gasteiger partial charge in [0.05, 0.1) is 24.9 Å². The van der Waals surface area contributed by atoms with Gasteiger partial charge in [0.1, 0.15) is 5.75 Å². The first kappa shape index (κ1) is 35.8. The minimum absolute atomic E-state index is 0.363. The van der Waals surface area contributed by atoms with Crippen molar-refractivity contribution in [1.29, 1.82) is 0 Å². The molecule has 4 aromatic carbocycles. The van der Waals surface area contributed by atoms with Gasteiger partial charge in [-0.1, -0.05) is 117 Å². The smallest absolute Gasteiger partial charge is 0.303 e. The monoisotopic (exact) mass is 686 g/mol. The molecule has 0 amide bonds. The number of esters is 1. The van der Waals surface area contributed by atoms with E-state index in [2.05, 4.69) is 19.9 Å². The standard InChI is InChI=1S/C40H47ClO6Si/c1-6-45-32-20-17-29(18-21-32)25-31-26-30(19-22-35(31)41)38-27(2)37(43)39(46-28(3)42)36(47-38)23-24-40(4,5)48(44,33-13-9-7-10-14-33)34-15-11-8-12-16-34/h7-22,26-27,36-39,43-44H,6,23-25H2,1-5H3. The molecule has 1 fully saturated rings. The van der Waals surface area contributed by atoms with Crippen molar-refractivity contribution in [3.63, 3.8) is 0 Å². The van der Waals surface area contributed by atoms with Gasteiger partial charge in [0, 0.05) is 17.9 Å². The number of rotatable bonds is 12. The van der Waals surface area contributed by atoms with E-state index in [1.54, 1.807) is 0 Å². The van der Waals surface area contributed by atoms with Gasteiger partial charge >= 0.3 is 5.97 Å². The van der Waals surface area contributed by atoms with Crippen LogP contribution in [0.5, 0.6) is 5.75 Å². The largest absolute Gasteiger partial charge is 0.494 e. The van der Waals surface area contributed by atoms with Crippen LogP contribution in [0, 0.1) is 5.92 Å². The molecule has 5 unspecified atom stereocenters. The Morgan fingerprint density at radius 1 is 0.938 bits per heavy atom. The summed E-state index contributed by atoms with van der Waals surface area (Å²) in [4.78, 5) is 25.0. The summed E-state index contributed by atoms with van der Waals surface area (Å²) in [5.41, 5.74) is 2.95. The van der Waals surface area contributed by atoms with E-state index in [0.717, 1.165) is 32.8 Å². The number of benzene rings is 4. The van der Waals surface area contributed by atoms with Crippen LogP contribution in [0.2, 0.25) is 10.1 Å². The van der Waals surface area contributed by atoms with E-state index >= 15 is 0 Å². The van der Waals surface area contributed by atoms with Gasteiger partial charge in [0.2, 0.25) is 0 Å². The molecule has 1 aliphatic heterocycles. The highest BCUT2D eigenvalue weighted by Gasteiger charge is 2.51. The van der Waals surface area contributed by atoms with Crippen LogP contribution < -0.4 is 15.1 Å². The Bertz CT molecular complexity index is 1610. The van der Waals surface area contributed by atoms with Crippen molar-refractivity contribution in [1.82, 2.24) is 0 Å². The highest BCUT2D eigenvalue weighted by Crippen LogP contribution is 2.45. The van der Waals surface area contributed by atoms with Gasteiger partial charge in [-0.05, 0) is 76.5 Å². The predicted molar refractivity (Wildman–Crippen MR) is 194 cm³/mol. The van der Waals surface area contributed by atoms with Gasteiger partial charge in [-0.2, -0.15) is 0 Å². The van der Waals surface area contributed by atoms with Gasteiger partial charge < -0.3 is 24.1 Å². The molecular formula is C40H47ClO6Si. The fraction of sp³-hybridized carbons (Fsp3) is 0.375. The third-order valence-corrected chi connectivity index (χ3v) is 14.7. The summed E-state index contributed by atoms with van der Waals surface area (Å²) in [5.74, 6) is -0.0103. The van der Waals surface area contributed by atoms with E-state index in [4.69, 9.17) is 25.8 Å². The van der Waals surface area contributed by atoms with Crippen molar-refractivity contribution in [3.05, 3.63) is 125 Å². The third-order valence-electron chi connectivity index (χ3n) is 9.79. The zero-order valence-corrected chi connectivity index (χ0v) is 30.2. The summed E-state index contributed by atoms with van der Waals surface area (Å²) in [6.45, 7) is 10.0. The topological polar surface area (TPSA) is 85.2 Å². The Hall–Kier alpha value is -3.46. The number of aliphatic hydroxyl groups is 1. The summed E-state index contributed by atoms with van der Waals surface area (Å²) in [5, 5.41) is 13.6. The number of ether oxygens (including phenoxy) is 3. The van der Waals surface area contributed by atoms with E-state index in [1.165, 1.54) is 6.92 Å². The zero-order chi connectivity index (χ0) is 34.5. The molecule has 0 radical (unpaired) electrons. The van der Waals surface area contributed by atoms with Crippen LogP contribution in [0.1, 0.15) is 70.3 Å². The quantitative estimate of drug-likeness (QED) is 0.123. The molecule has 0 spiro atoms. The van der Waals surface area contributed by atoms with E-state index in [0.29, 0.717) is 30.9 Å². The molecule has 0 aliphatic carbocycles. The molecule has 6 nitrogen and oxygen atoms in total. The molecule has 5 atom stereocenters. The van der Waals surface area contributed by atoms with Crippen LogP contribution in [0.3, 0.4) is 0 Å². The summed E-state index contributed by atoms with van der Waals surface area (Å²) in [7, 11) is -3.29. The molecule has 8 heteroatoms. The summed E-state index contributed by atoms with van der Waals surface area (Å²) < 4.78 is 18.1. The lowest BCUT2D eigenvalue weighted by Gasteiger charge is -2.46. The number of hydrogen-bond donors (Lipinski definition) is 2. The van der Waals surface area contributed by atoms with Crippen molar-refractivity contribution >= 4 is 36.3 Å². The number of aliphatic hydroxyl groups excluding tert-OH is 1. The van der Waals surface area contributed by atoms with E-state index in [-0.39, 0.29) is 5.92 Å². The lowest BCUT2D eigenvalue weighted by molar-refractivity contribution is -0.217. The minimum atomic E-state index is -3.29. The number of halogens is 1. The molecule has 0 bridgehead atoms. The van der Waals surface area contributed by atoms with Gasteiger partial charge in [-0.25, -0.2) is 0 Å². The first-order valence-corrected chi connectivity index (χ1v) is 19.1. The summed E-state index contributed by atoms with van der Waals surface area (Å²) in [6.07, 6.45) is -1.20. The van der Waals surface area contributed by atoms with Crippen LogP contribution >= 0.6 is 11.6 Å². The fourth-order valence-corrected chi connectivity index (χ4v) is 11.0. The Morgan fingerprint density at radius 2 is 1.54 bits per heavy atom. The highest BCUT2D eigenvalue weighted by molar-refractivity contribution is 6.98. The van der Waals surface area contributed by atoms with Crippen molar-refractivity contribution in [2.75, 3.05) is 6.61 Å². The zero-order valence-electron chi connectivity index (χ0n) is 28.4. The number of carbonyl (C=O) groups excluding carboxylic acids is 1. The van der Waals surface area contributed by atoms with Crippen LogP contribution in [-0.4, -0.2) is 49.1 Å². The molecule has 1 aliphatic rings. The average molecular weight is 687 g/mol. The van der Waals surface area contributed by atoms with E-state index < -0.39 is 43.7 Å². The Balaban J connectivity index is 1.42. The first-order valence-electron chi connectivity index (χ1n) is 16.8. The van der Waals surface area contributed by atoms with Gasteiger partial charge in [0.25, 0.3) is 8.32 Å². The van der Waals surface area contributed by atoms with E-state index in [9.17, 15) is 14.7 Å². The second-order valence-electron chi connectivity index (χ2n) is 13.5. The van der Waals surface area contributed by atoms with Crippen LogP contribution in [0.15, 0.2) is 103 Å². The molecule has 254 valence electrons. The lowest BCUT2D eigenvalue weighted by atomic mass is 9.82. The second kappa shape index (κ2) is 15.4. The molecule has 48 heavy (non-hydrogen) atoms. The molecule has 1 heterocycles. The predicted octanol–water partition coefficient (Wildman–Crippen LogP) is 7.01. The lowest BCUT2D eigenvalue weighted by Crippen LogP contribution is -2.65. The van der Waals surface area contributed by atoms with Gasteiger partial charge in [0.15, 0.2) is 6.10 Å². The van der Waals surface area contributed by atoms with Crippen LogP contribution in [0.4, 0.5) is 0 Å². The molecule has 2 N–H and O–H groups in total. The normalized spacial score (nSPS) is 21.5. The SMILES string of the molecule is CCOc1ccc(Cc2cc(C3OC(CCC(C)(C)[Si](O)(c4ccccc4)c4ccccc4)C(OC(C)=O)C(O)C3C)ccc2Cl)cc1. The van der Waals surface area contributed by atoms with Gasteiger partial charge in [-0.15, -0.1) is 0 Å². The van der Waals surface area contributed by atoms with Crippen molar-refractivity contribution in [3.8, 4) is 5.75 Å². The van der Waals surface area contributed by atoms with Gasteiger partial charge in [-0.3, -0.25) is 4.79 Å². The third kappa shape index (κ3) is 7.71. The molecular weight excluding hydrogens is 640 g/mol. The summed E-state index contributed by atoms with van der Waals surface area (Å²) in [6, 6.07) is 33.7. The molecule has 0 saturated carbocycles. The Labute approximate surface area is 290 Å². The first-order chi connectivity index (χ1) is 22.9. The molecule has 1 saturated heterocycles. The molecule has 5 rings (SSSR count). The number of carbonyl (C=O) groups is 1. The van der Waals surface area contributed by atoms with Crippen molar-refractivity contribution < 1.29 is 28.9 Å². The maximum absolute atomic E-state index is 12.7. The van der Waals surface area contributed by atoms with Crippen LogP contribution in [-0.2, 0) is 20.7 Å². The Kier molecular flexibility index (Phi) is 11.5. The average Bonchev–Trinajstić information content (AvgIpc) is 3.08. The van der Waals surface area contributed by atoms with Crippen molar-refractivity contribution in [2.45, 2.75) is 83.3 Å². The minimum Gasteiger partial charge on any atom is -0.494 e. The molecule has 0 aromatic heterocycles. The van der Waals surface area contributed by atoms with E-state index in [1.807, 2.05) is 111 Å². The fourth-order valence-electron chi connectivity index (χ4n) is 7.03. The molecule has 4 aromatic rings. The number of hydrogen-bond acceptors (Lipinski definition) is 6. The maximum Gasteiger partial charge on any atom is 0.303 e. The summed E-state index contributed by atoms with van der Waals surface area (Å²) >= 11 is 6.69. The highest BCUT2D eigenvalue weighted by atomic mass is 35.5.